The highest BCUT2D eigenvalue weighted by atomic mass is 127. The maximum Gasteiger partial charge on any atom is 0.222 e. The van der Waals surface area contributed by atoms with Gasteiger partial charge < -0.3 is 15.5 Å². The van der Waals surface area contributed by atoms with E-state index in [1.807, 2.05) is 11.8 Å². The molecule has 1 amide bonds. The second-order valence-electron chi connectivity index (χ2n) is 8.33. The lowest BCUT2D eigenvalue weighted by Crippen LogP contribution is -2.44. The van der Waals surface area contributed by atoms with Crippen LogP contribution in [-0.2, 0) is 17.9 Å². The van der Waals surface area contributed by atoms with Crippen molar-refractivity contribution in [1.82, 2.24) is 20.4 Å². The molecule has 6 nitrogen and oxygen atoms in total. The summed E-state index contributed by atoms with van der Waals surface area (Å²) < 4.78 is 0. The van der Waals surface area contributed by atoms with Crippen LogP contribution in [0.2, 0.25) is 0 Å². The summed E-state index contributed by atoms with van der Waals surface area (Å²) >= 11 is 0. The summed E-state index contributed by atoms with van der Waals surface area (Å²) in [5.41, 5.74) is 2.72. The molecule has 0 bridgehead atoms. The number of nitrogens with one attached hydrogen (secondary N) is 2. The Kier molecular flexibility index (Phi) is 10.4. The molecule has 0 spiro atoms. The topological polar surface area (TPSA) is 60.0 Å². The summed E-state index contributed by atoms with van der Waals surface area (Å²) in [6, 6.07) is 9.64. The number of likely N-dealkylation sites (tertiary alicyclic amines) is 2. The van der Waals surface area contributed by atoms with Gasteiger partial charge in [0.15, 0.2) is 5.96 Å². The summed E-state index contributed by atoms with van der Waals surface area (Å²) in [5.74, 6) is 1.04. The number of benzene rings is 1. The first-order chi connectivity index (χ1) is 14.1. The molecule has 2 aliphatic rings. The van der Waals surface area contributed by atoms with Crippen molar-refractivity contribution in [3.63, 3.8) is 0 Å². The predicted molar refractivity (Wildman–Crippen MR) is 134 cm³/mol. The van der Waals surface area contributed by atoms with Gasteiger partial charge in [-0.05, 0) is 43.9 Å². The predicted octanol–water partition coefficient (Wildman–Crippen LogP) is 3.35. The molecule has 30 heavy (non-hydrogen) atoms. The monoisotopic (exact) mass is 527 g/mol. The van der Waals surface area contributed by atoms with Crippen LogP contribution in [0.15, 0.2) is 29.3 Å². The molecule has 7 heteroatoms. The van der Waals surface area contributed by atoms with Crippen LogP contribution < -0.4 is 10.6 Å². The number of piperidine rings is 1. The first kappa shape index (κ1) is 24.9. The molecular weight excluding hydrogens is 489 g/mol. The van der Waals surface area contributed by atoms with Crippen molar-refractivity contribution in [3.8, 4) is 0 Å². The Morgan fingerprint density at radius 2 is 1.93 bits per heavy atom. The normalized spacial score (nSPS) is 22.5. The molecule has 2 saturated heterocycles. The van der Waals surface area contributed by atoms with E-state index in [2.05, 4.69) is 51.7 Å². The minimum absolute atomic E-state index is 0. The molecule has 1 aromatic rings. The lowest BCUT2D eigenvalue weighted by Gasteiger charge is -2.33. The number of guanidine groups is 1. The van der Waals surface area contributed by atoms with E-state index in [0.29, 0.717) is 12.5 Å². The van der Waals surface area contributed by atoms with Crippen LogP contribution in [-0.4, -0.2) is 60.4 Å². The second-order valence-corrected chi connectivity index (χ2v) is 8.33. The van der Waals surface area contributed by atoms with Gasteiger partial charge in [0.1, 0.15) is 0 Å². The van der Waals surface area contributed by atoms with E-state index in [1.165, 1.54) is 36.9 Å². The molecule has 0 aromatic heterocycles. The van der Waals surface area contributed by atoms with E-state index in [0.717, 1.165) is 38.6 Å². The summed E-state index contributed by atoms with van der Waals surface area (Å²) in [5, 5.41) is 6.96. The van der Waals surface area contributed by atoms with Gasteiger partial charge in [-0.2, -0.15) is 0 Å². The third-order valence-corrected chi connectivity index (χ3v) is 6.29. The number of nitrogens with zero attached hydrogens (tertiary/aromatic N) is 3. The van der Waals surface area contributed by atoms with Crippen molar-refractivity contribution >= 4 is 35.8 Å². The number of hydrogen-bond donors (Lipinski definition) is 2. The van der Waals surface area contributed by atoms with Gasteiger partial charge in [0.25, 0.3) is 0 Å². The molecule has 1 aromatic carbocycles. The van der Waals surface area contributed by atoms with Crippen molar-refractivity contribution in [2.45, 2.75) is 71.1 Å². The SMILES string of the molecule is CCC(=O)N1CCC(NC(=NC)NCc2ccccc2CN2CCCCC2C)C1.I. The van der Waals surface area contributed by atoms with E-state index in [9.17, 15) is 4.79 Å². The van der Waals surface area contributed by atoms with Crippen LogP contribution in [0.4, 0.5) is 0 Å². The quantitative estimate of drug-likeness (QED) is 0.339. The number of carbonyl (C=O) groups excluding carboxylic acids is 1. The van der Waals surface area contributed by atoms with Crippen LogP contribution in [0.3, 0.4) is 0 Å². The second kappa shape index (κ2) is 12.5. The fourth-order valence-electron chi connectivity index (χ4n) is 4.39. The molecule has 2 atom stereocenters. The Bertz CT molecular complexity index is 711. The number of carbonyl (C=O) groups is 1. The molecule has 0 radical (unpaired) electrons. The molecule has 168 valence electrons. The highest BCUT2D eigenvalue weighted by molar-refractivity contribution is 14.0. The molecule has 3 rings (SSSR count). The van der Waals surface area contributed by atoms with Gasteiger partial charge in [-0.15, -0.1) is 24.0 Å². The molecule has 0 saturated carbocycles. The first-order valence-electron chi connectivity index (χ1n) is 11.2. The zero-order valence-corrected chi connectivity index (χ0v) is 21.0. The van der Waals surface area contributed by atoms with E-state index in [1.54, 1.807) is 7.05 Å². The summed E-state index contributed by atoms with van der Waals surface area (Å²) in [4.78, 5) is 20.8. The van der Waals surface area contributed by atoms with E-state index < -0.39 is 0 Å². The minimum atomic E-state index is 0. The Balaban J connectivity index is 0.00000320. The standard InChI is InChI=1S/C23H37N5O.HI/c1-4-22(29)28-14-12-21(17-28)26-23(24-3)25-15-19-10-5-6-11-20(19)16-27-13-8-7-9-18(27)2;/h5-6,10-11,18,21H,4,7-9,12-17H2,1-3H3,(H2,24,25,26);1H. The summed E-state index contributed by atoms with van der Waals surface area (Å²) in [6.07, 6.45) is 5.50. The van der Waals surface area contributed by atoms with Crippen molar-refractivity contribution in [3.05, 3.63) is 35.4 Å². The van der Waals surface area contributed by atoms with Gasteiger partial charge >= 0.3 is 0 Å². The maximum absolute atomic E-state index is 11.9. The maximum atomic E-state index is 11.9. The molecule has 2 heterocycles. The van der Waals surface area contributed by atoms with Crippen LogP contribution in [0.5, 0.6) is 0 Å². The van der Waals surface area contributed by atoms with Crippen molar-refractivity contribution in [2.24, 2.45) is 4.99 Å². The fourth-order valence-corrected chi connectivity index (χ4v) is 4.39. The fraction of sp³-hybridized carbons (Fsp3) is 0.652. The molecule has 0 aliphatic carbocycles. The van der Waals surface area contributed by atoms with E-state index in [4.69, 9.17) is 0 Å². The third-order valence-electron chi connectivity index (χ3n) is 6.29. The molecule has 2 fully saturated rings. The van der Waals surface area contributed by atoms with Gasteiger partial charge in [0.05, 0.1) is 0 Å². The Morgan fingerprint density at radius 1 is 1.17 bits per heavy atom. The largest absolute Gasteiger partial charge is 0.352 e. The van der Waals surface area contributed by atoms with Crippen LogP contribution in [0, 0.1) is 0 Å². The Hall–Kier alpha value is -1.35. The number of amides is 1. The minimum Gasteiger partial charge on any atom is -0.352 e. The number of halogens is 1. The van der Waals surface area contributed by atoms with E-state index in [-0.39, 0.29) is 35.9 Å². The van der Waals surface area contributed by atoms with Gasteiger partial charge in [-0.25, -0.2) is 0 Å². The molecule has 2 unspecified atom stereocenters. The van der Waals surface area contributed by atoms with Crippen LogP contribution >= 0.6 is 24.0 Å². The average molecular weight is 527 g/mol. The summed E-state index contributed by atoms with van der Waals surface area (Å²) in [7, 11) is 1.81. The molecular formula is C23H38IN5O. The highest BCUT2D eigenvalue weighted by Gasteiger charge is 2.26. The first-order valence-corrected chi connectivity index (χ1v) is 11.2. The number of aliphatic imine (C=N–C) groups is 1. The lowest BCUT2D eigenvalue weighted by molar-refractivity contribution is -0.129. The number of rotatable bonds is 6. The Morgan fingerprint density at radius 3 is 2.63 bits per heavy atom. The van der Waals surface area contributed by atoms with Gasteiger partial charge in [0.2, 0.25) is 5.91 Å². The zero-order valence-electron chi connectivity index (χ0n) is 18.7. The molecule has 2 N–H and O–H groups in total. The summed E-state index contributed by atoms with van der Waals surface area (Å²) in [6.45, 7) is 8.82. The van der Waals surface area contributed by atoms with Crippen molar-refractivity contribution in [2.75, 3.05) is 26.7 Å². The van der Waals surface area contributed by atoms with Crippen LogP contribution in [0.1, 0.15) is 57.1 Å². The van der Waals surface area contributed by atoms with Crippen molar-refractivity contribution in [1.29, 1.82) is 0 Å². The Labute approximate surface area is 198 Å². The molecule has 2 aliphatic heterocycles. The lowest BCUT2D eigenvalue weighted by atomic mass is 10.0. The average Bonchev–Trinajstić information content (AvgIpc) is 3.21. The van der Waals surface area contributed by atoms with Gasteiger partial charge in [-0.3, -0.25) is 14.7 Å². The third kappa shape index (κ3) is 6.83. The highest BCUT2D eigenvalue weighted by Crippen LogP contribution is 2.21. The van der Waals surface area contributed by atoms with Crippen LogP contribution in [0.25, 0.3) is 0 Å². The van der Waals surface area contributed by atoms with E-state index >= 15 is 0 Å². The zero-order chi connectivity index (χ0) is 20.6. The van der Waals surface area contributed by atoms with Gasteiger partial charge in [-0.1, -0.05) is 37.6 Å². The van der Waals surface area contributed by atoms with Crippen molar-refractivity contribution < 1.29 is 4.79 Å². The number of hydrogen-bond acceptors (Lipinski definition) is 3. The smallest absolute Gasteiger partial charge is 0.222 e. The van der Waals surface area contributed by atoms with Gasteiger partial charge in [0, 0.05) is 51.7 Å².